The van der Waals surface area contributed by atoms with Gasteiger partial charge in [-0.1, -0.05) is 23.2 Å². The molecule has 4 rings (SSSR count). The molecule has 0 unspecified atom stereocenters. The summed E-state index contributed by atoms with van der Waals surface area (Å²) >= 11 is 12.1. The number of aromatic nitrogens is 1. The van der Waals surface area contributed by atoms with Crippen molar-refractivity contribution in [2.45, 2.75) is 37.8 Å². The summed E-state index contributed by atoms with van der Waals surface area (Å²) in [6, 6.07) is 10.4. The highest BCUT2D eigenvalue weighted by atomic mass is 35.5. The molecule has 0 saturated heterocycles. The Kier molecular flexibility index (Phi) is 5.08. The number of amides is 1. The van der Waals surface area contributed by atoms with Crippen molar-refractivity contribution >= 4 is 40.2 Å². The minimum Gasteiger partial charge on any atom is -0.436 e. The Morgan fingerprint density at radius 3 is 2.48 bits per heavy atom. The summed E-state index contributed by atoms with van der Waals surface area (Å²) in [5, 5.41) is 13.6. The second-order valence-electron chi connectivity index (χ2n) is 6.84. The minimum absolute atomic E-state index is 0.0930. The van der Waals surface area contributed by atoms with E-state index in [1.807, 2.05) is 0 Å². The van der Waals surface area contributed by atoms with E-state index in [4.69, 9.17) is 27.6 Å². The Labute approximate surface area is 166 Å². The first-order chi connectivity index (χ1) is 13.0. The molecule has 2 aromatic carbocycles. The van der Waals surface area contributed by atoms with Crippen LogP contribution in [0, 0.1) is 0 Å². The average Bonchev–Trinajstić information content (AvgIpc) is 3.06. The number of aliphatic hydroxyl groups excluding tert-OH is 1. The lowest BCUT2D eigenvalue weighted by Crippen LogP contribution is -2.38. The number of nitrogens with one attached hydrogen (secondary N) is 1. The molecule has 0 radical (unpaired) electrons. The third kappa shape index (κ3) is 4.10. The van der Waals surface area contributed by atoms with Gasteiger partial charge in [-0.3, -0.25) is 4.79 Å². The predicted octanol–water partition coefficient (Wildman–Crippen LogP) is 4.83. The van der Waals surface area contributed by atoms with E-state index in [9.17, 15) is 9.90 Å². The van der Waals surface area contributed by atoms with Crippen molar-refractivity contribution in [3.8, 4) is 11.5 Å². The summed E-state index contributed by atoms with van der Waals surface area (Å²) < 4.78 is 5.82. The summed E-state index contributed by atoms with van der Waals surface area (Å²) in [7, 11) is 0. The molecule has 0 bridgehead atoms. The number of hydrogen-bond acceptors (Lipinski definition) is 4. The van der Waals surface area contributed by atoms with E-state index in [0.29, 0.717) is 38.2 Å². The van der Waals surface area contributed by atoms with Crippen molar-refractivity contribution in [1.29, 1.82) is 0 Å². The van der Waals surface area contributed by atoms with E-state index in [1.165, 1.54) is 0 Å². The SMILES string of the molecule is O=C(N[C@H]1CC[C@H](O)CC1)c1ccc2nc(-c3cc(Cl)cc(Cl)c3)oc2c1. The summed E-state index contributed by atoms with van der Waals surface area (Å²) in [6.07, 6.45) is 2.77. The van der Waals surface area contributed by atoms with Gasteiger partial charge in [0, 0.05) is 27.2 Å². The molecule has 7 heteroatoms. The Morgan fingerprint density at radius 2 is 1.78 bits per heavy atom. The smallest absolute Gasteiger partial charge is 0.251 e. The zero-order valence-electron chi connectivity index (χ0n) is 14.4. The Hall–Kier alpha value is -2.08. The molecule has 1 aliphatic rings. The number of hydrogen-bond donors (Lipinski definition) is 2. The maximum Gasteiger partial charge on any atom is 0.251 e. The van der Waals surface area contributed by atoms with Crippen molar-refractivity contribution < 1.29 is 14.3 Å². The number of carbonyl (C=O) groups excluding carboxylic acids is 1. The van der Waals surface area contributed by atoms with Crippen molar-refractivity contribution in [2.75, 3.05) is 0 Å². The van der Waals surface area contributed by atoms with Gasteiger partial charge in [-0.15, -0.1) is 0 Å². The Balaban J connectivity index is 1.56. The molecule has 0 atom stereocenters. The normalized spacial score (nSPS) is 20.0. The van der Waals surface area contributed by atoms with Gasteiger partial charge in [0.05, 0.1) is 6.10 Å². The van der Waals surface area contributed by atoms with E-state index < -0.39 is 0 Å². The van der Waals surface area contributed by atoms with Crippen LogP contribution in [-0.4, -0.2) is 28.1 Å². The molecule has 0 aliphatic heterocycles. The number of benzene rings is 2. The average molecular weight is 405 g/mol. The van der Waals surface area contributed by atoms with Crippen molar-refractivity contribution in [1.82, 2.24) is 10.3 Å². The van der Waals surface area contributed by atoms with Crippen LogP contribution >= 0.6 is 23.2 Å². The number of halogens is 2. The van der Waals surface area contributed by atoms with E-state index in [1.54, 1.807) is 36.4 Å². The molecule has 3 aromatic rings. The Bertz CT molecular complexity index is 974. The number of nitrogens with zero attached hydrogens (tertiary/aromatic N) is 1. The summed E-state index contributed by atoms with van der Waals surface area (Å²) in [5.41, 5.74) is 2.36. The molecule has 1 aromatic heterocycles. The van der Waals surface area contributed by atoms with Crippen LogP contribution in [0.15, 0.2) is 40.8 Å². The number of oxazole rings is 1. The van der Waals surface area contributed by atoms with Crippen LogP contribution < -0.4 is 5.32 Å². The number of fused-ring (bicyclic) bond motifs is 1. The molecule has 0 spiro atoms. The first-order valence-corrected chi connectivity index (χ1v) is 9.59. The van der Waals surface area contributed by atoms with Crippen LogP contribution in [0.25, 0.3) is 22.6 Å². The van der Waals surface area contributed by atoms with E-state index >= 15 is 0 Å². The molecule has 1 aliphatic carbocycles. The van der Waals surface area contributed by atoms with Crippen LogP contribution in [0.4, 0.5) is 0 Å². The van der Waals surface area contributed by atoms with Crippen molar-refractivity contribution in [3.05, 3.63) is 52.0 Å². The molecule has 1 fully saturated rings. The zero-order chi connectivity index (χ0) is 19.0. The highest BCUT2D eigenvalue weighted by Gasteiger charge is 2.21. The van der Waals surface area contributed by atoms with Gasteiger partial charge in [-0.05, 0) is 62.1 Å². The molecule has 27 heavy (non-hydrogen) atoms. The molecule has 1 amide bonds. The van der Waals surface area contributed by atoms with E-state index in [0.717, 1.165) is 25.7 Å². The van der Waals surface area contributed by atoms with Crippen molar-refractivity contribution in [2.24, 2.45) is 0 Å². The third-order valence-electron chi connectivity index (χ3n) is 4.79. The van der Waals surface area contributed by atoms with Gasteiger partial charge in [-0.25, -0.2) is 4.98 Å². The van der Waals surface area contributed by atoms with Crippen LogP contribution in [0.2, 0.25) is 10.0 Å². The molecule has 140 valence electrons. The molecular formula is C20H18Cl2N2O3. The van der Waals surface area contributed by atoms with Gasteiger partial charge < -0.3 is 14.8 Å². The second-order valence-corrected chi connectivity index (χ2v) is 7.71. The topological polar surface area (TPSA) is 75.4 Å². The second kappa shape index (κ2) is 7.50. The van der Waals surface area contributed by atoms with E-state index in [2.05, 4.69) is 10.3 Å². The van der Waals surface area contributed by atoms with Gasteiger partial charge in [0.25, 0.3) is 5.91 Å². The lowest BCUT2D eigenvalue weighted by Gasteiger charge is -2.26. The lowest BCUT2D eigenvalue weighted by molar-refractivity contribution is 0.0867. The quantitative estimate of drug-likeness (QED) is 0.654. The Morgan fingerprint density at radius 1 is 1.07 bits per heavy atom. The van der Waals surface area contributed by atoms with Gasteiger partial charge in [0.15, 0.2) is 5.58 Å². The first kappa shape index (κ1) is 18.3. The number of aliphatic hydroxyl groups is 1. The first-order valence-electron chi connectivity index (χ1n) is 8.84. The van der Waals surface area contributed by atoms with Crippen LogP contribution in [0.5, 0.6) is 0 Å². The van der Waals surface area contributed by atoms with Gasteiger partial charge >= 0.3 is 0 Å². The minimum atomic E-state index is -0.248. The van der Waals surface area contributed by atoms with Gasteiger partial charge in [-0.2, -0.15) is 0 Å². The highest BCUT2D eigenvalue weighted by Crippen LogP contribution is 2.29. The number of rotatable bonds is 3. The largest absolute Gasteiger partial charge is 0.436 e. The molecular weight excluding hydrogens is 387 g/mol. The van der Waals surface area contributed by atoms with Crippen LogP contribution in [-0.2, 0) is 0 Å². The zero-order valence-corrected chi connectivity index (χ0v) is 15.9. The molecule has 1 heterocycles. The molecule has 5 nitrogen and oxygen atoms in total. The van der Waals surface area contributed by atoms with Crippen LogP contribution in [0.3, 0.4) is 0 Å². The fraction of sp³-hybridized carbons (Fsp3) is 0.300. The van der Waals surface area contributed by atoms with Gasteiger partial charge in [0.2, 0.25) is 5.89 Å². The third-order valence-corrected chi connectivity index (χ3v) is 5.23. The summed E-state index contributed by atoms with van der Waals surface area (Å²) in [6.45, 7) is 0. The number of carbonyl (C=O) groups is 1. The van der Waals surface area contributed by atoms with Crippen molar-refractivity contribution in [3.63, 3.8) is 0 Å². The maximum atomic E-state index is 12.5. The van der Waals surface area contributed by atoms with Crippen LogP contribution in [0.1, 0.15) is 36.0 Å². The summed E-state index contributed by atoms with van der Waals surface area (Å²) in [4.78, 5) is 17.0. The maximum absolute atomic E-state index is 12.5. The monoisotopic (exact) mass is 404 g/mol. The van der Waals surface area contributed by atoms with Gasteiger partial charge in [0.1, 0.15) is 5.52 Å². The fourth-order valence-corrected chi connectivity index (χ4v) is 3.88. The fourth-order valence-electron chi connectivity index (χ4n) is 3.36. The molecule has 2 N–H and O–H groups in total. The standard InChI is InChI=1S/C20H18Cl2N2O3/c21-13-7-12(8-14(22)10-13)20-24-17-6-1-11(9-18(17)27-20)19(26)23-15-2-4-16(25)5-3-15/h1,6-10,15-16,25H,2-5H2,(H,23,26)/t15-,16-. The summed E-state index contributed by atoms with van der Waals surface area (Å²) in [5.74, 6) is 0.246. The highest BCUT2D eigenvalue weighted by molar-refractivity contribution is 6.35. The van der Waals surface area contributed by atoms with E-state index in [-0.39, 0.29) is 18.1 Å². The molecule has 1 saturated carbocycles. The predicted molar refractivity (Wildman–Crippen MR) is 105 cm³/mol. The lowest BCUT2D eigenvalue weighted by atomic mass is 9.93.